The van der Waals surface area contributed by atoms with E-state index in [-0.39, 0.29) is 11.9 Å². The molecule has 0 aromatic heterocycles. The minimum Gasteiger partial charge on any atom is -0.398 e. The highest BCUT2D eigenvalue weighted by Crippen LogP contribution is 2.16. The third-order valence-corrected chi connectivity index (χ3v) is 3.48. The first kappa shape index (κ1) is 13.6. The van der Waals surface area contributed by atoms with Gasteiger partial charge in [0, 0.05) is 17.3 Å². The molecule has 0 spiro atoms. The number of nitrogen functional groups attached to an aromatic ring is 1. The van der Waals surface area contributed by atoms with Gasteiger partial charge in [0.05, 0.1) is 0 Å². The SMILES string of the molecule is CCC(C)C(C)NC(=O)c1cccc(N)c1C. The maximum atomic E-state index is 12.1. The van der Waals surface area contributed by atoms with Gasteiger partial charge in [-0.15, -0.1) is 0 Å². The maximum absolute atomic E-state index is 12.1. The van der Waals surface area contributed by atoms with Crippen molar-refractivity contribution in [3.63, 3.8) is 0 Å². The Morgan fingerprint density at radius 2 is 2.06 bits per heavy atom. The average Bonchev–Trinajstić information content (AvgIpc) is 2.31. The zero-order valence-corrected chi connectivity index (χ0v) is 11.1. The average molecular weight is 234 g/mol. The van der Waals surface area contributed by atoms with Crippen molar-refractivity contribution in [3.8, 4) is 0 Å². The molecule has 17 heavy (non-hydrogen) atoms. The van der Waals surface area contributed by atoms with Crippen LogP contribution in [0.2, 0.25) is 0 Å². The second-order valence-corrected chi connectivity index (χ2v) is 4.67. The van der Waals surface area contributed by atoms with Crippen LogP contribution in [0.5, 0.6) is 0 Å². The van der Waals surface area contributed by atoms with E-state index in [4.69, 9.17) is 5.73 Å². The third-order valence-electron chi connectivity index (χ3n) is 3.48. The van der Waals surface area contributed by atoms with Crippen LogP contribution in [0.1, 0.15) is 43.1 Å². The van der Waals surface area contributed by atoms with Crippen LogP contribution in [-0.2, 0) is 0 Å². The number of benzene rings is 1. The maximum Gasteiger partial charge on any atom is 0.251 e. The fourth-order valence-electron chi connectivity index (χ4n) is 1.68. The summed E-state index contributed by atoms with van der Waals surface area (Å²) in [6.45, 7) is 8.17. The molecule has 0 heterocycles. The molecule has 1 aromatic carbocycles. The van der Waals surface area contributed by atoms with Crippen LogP contribution in [0.4, 0.5) is 5.69 Å². The molecule has 3 N–H and O–H groups in total. The van der Waals surface area contributed by atoms with Crippen LogP contribution < -0.4 is 11.1 Å². The Balaban J connectivity index is 2.80. The summed E-state index contributed by atoms with van der Waals surface area (Å²) in [6.07, 6.45) is 1.05. The van der Waals surface area contributed by atoms with Crippen molar-refractivity contribution in [2.75, 3.05) is 5.73 Å². The van der Waals surface area contributed by atoms with E-state index < -0.39 is 0 Å². The molecule has 2 atom stereocenters. The zero-order chi connectivity index (χ0) is 13.0. The Labute approximate surface area is 103 Å². The zero-order valence-electron chi connectivity index (χ0n) is 11.1. The van der Waals surface area contributed by atoms with E-state index in [9.17, 15) is 4.79 Å². The van der Waals surface area contributed by atoms with Crippen LogP contribution in [0.25, 0.3) is 0 Å². The molecule has 1 aromatic rings. The molecule has 0 aliphatic heterocycles. The second-order valence-electron chi connectivity index (χ2n) is 4.67. The van der Waals surface area contributed by atoms with Crippen LogP contribution in [-0.4, -0.2) is 11.9 Å². The first-order valence-electron chi connectivity index (χ1n) is 6.13. The summed E-state index contributed by atoms with van der Waals surface area (Å²) < 4.78 is 0. The van der Waals surface area contributed by atoms with Gasteiger partial charge in [-0.2, -0.15) is 0 Å². The summed E-state index contributed by atoms with van der Waals surface area (Å²) >= 11 is 0. The monoisotopic (exact) mass is 234 g/mol. The van der Waals surface area contributed by atoms with Crippen LogP contribution in [0, 0.1) is 12.8 Å². The number of amides is 1. The van der Waals surface area contributed by atoms with Gasteiger partial charge in [-0.05, 0) is 37.5 Å². The lowest BCUT2D eigenvalue weighted by Crippen LogP contribution is -2.37. The number of carbonyl (C=O) groups is 1. The van der Waals surface area contributed by atoms with E-state index >= 15 is 0 Å². The number of nitrogens with two attached hydrogens (primary N) is 1. The van der Waals surface area contributed by atoms with E-state index in [1.807, 2.05) is 32.0 Å². The Morgan fingerprint density at radius 1 is 1.41 bits per heavy atom. The summed E-state index contributed by atoms with van der Waals surface area (Å²) in [7, 11) is 0. The predicted molar refractivity (Wildman–Crippen MR) is 72.0 cm³/mol. The smallest absolute Gasteiger partial charge is 0.251 e. The lowest BCUT2D eigenvalue weighted by molar-refractivity contribution is 0.0927. The van der Waals surface area contributed by atoms with Gasteiger partial charge in [0.2, 0.25) is 0 Å². The summed E-state index contributed by atoms with van der Waals surface area (Å²) in [5.74, 6) is 0.433. The molecule has 0 aliphatic carbocycles. The molecule has 1 rings (SSSR count). The van der Waals surface area contributed by atoms with Gasteiger partial charge < -0.3 is 11.1 Å². The molecule has 0 radical (unpaired) electrons. The van der Waals surface area contributed by atoms with Gasteiger partial charge in [-0.3, -0.25) is 4.79 Å². The van der Waals surface area contributed by atoms with Gasteiger partial charge >= 0.3 is 0 Å². The minimum atomic E-state index is -0.0393. The van der Waals surface area contributed by atoms with Gasteiger partial charge in [-0.1, -0.05) is 26.3 Å². The van der Waals surface area contributed by atoms with Crippen LogP contribution >= 0.6 is 0 Å². The molecule has 1 amide bonds. The van der Waals surface area contributed by atoms with E-state index in [1.54, 1.807) is 0 Å². The summed E-state index contributed by atoms with van der Waals surface area (Å²) in [5.41, 5.74) is 7.97. The largest absolute Gasteiger partial charge is 0.398 e. The Hall–Kier alpha value is -1.51. The van der Waals surface area contributed by atoms with Crippen molar-refractivity contribution in [1.82, 2.24) is 5.32 Å². The fraction of sp³-hybridized carbons (Fsp3) is 0.500. The Kier molecular flexibility index (Phi) is 4.55. The predicted octanol–water partition coefficient (Wildman–Crippen LogP) is 2.74. The Morgan fingerprint density at radius 3 is 2.65 bits per heavy atom. The molecular weight excluding hydrogens is 212 g/mol. The lowest BCUT2D eigenvalue weighted by atomic mass is 10.00. The van der Waals surface area contributed by atoms with Crippen molar-refractivity contribution in [2.45, 2.75) is 40.2 Å². The Bertz CT molecular complexity index is 401. The van der Waals surface area contributed by atoms with E-state index in [0.29, 0.717) is 17.2 Å². The molecule has 94 valence electrons. The first-order chi connectivity index (χ1) is 7.97. The quantitative estimate of drug-likeness (QED) is 0.787. The summed E-state index contributed by atoms with van der Waals surface area (Å²) in [4.78, 5) is 12.1. The molecular formula is C14H22N2O. The van der Waals surface area contributed by atoms with E-state index in [2.05, 4.69) is 19.2 Å². The number of nitrogens with one attached hydrogen (secondary N) is 1. The first-order valence-corrected chi connectivity index (χ1v) is 6.13. The standard InChI is InChI=1S/C14H22N2O/c1-5-9(2)11(4)16-14(17)12-7-6-8-13(15)10(12)3/h6-9,11H,5,15H2,1-4H3,(H,16,17). The fourth-order valence-corrected chi connectivity index (χ4v) is 1.68. The van der Waals surface area contributed by atoms with Crippen molar-refractivity contribution in [1.29, 1.82) is 0 Å². The molecule has 2 unspecified atom stereocenters. The molecule has 0 saturated heterocycles. The van der Waals surface area contributed by atoms with Gasteiger partial charge in [0.25, 0.3) is 5.91 Å². The van der Waals surface area contributed by atoms with Crippen molar-refractivity contribution >= 4 is 11.6 Å². The highest BCUT2D eigenvalue weighted by atomic mass is 16.1. The molecule has 0 saturated carbocycles. The van der Waals surface area contributed by atoms with Crippen molar-refractivity contribution < 1.29 is 4.79 Å². The topological polar surface area (TPSA) is 55.1 Å². The van der Waals surface area contributed by atoms with Crippen LogP contribution in [0.3, 0.4) is 0 Å². The summed E-state index contributed by atoms with van der Waals surface area (Å²) in [5, 5.41) is 3.02. The van der Waals surface area contributed by atoms with Crippen molar-refractivity contribution in [2.24, 2.45) is 5.92 Å². The molecule has 0 bridgehead atoms. The van der Waals surface area contributed by atoms with Gasteiger partial charge in [-0.25, -0.2) is 0 Å². The minimum absolute atomic E-state index is 0.0393. The summed E-state index contributed by atoms with van der Waals surface area (Å²) in [6, 6.07) is 5.60. The van der Waals surface area contributed by atoms with Gasteiger partial charge in [0.15, 0.2) is 0 Å². The molecule has 3 heteroatoms. The van der Waals surface area contributed by atoms with E-state index in [0.717, 1.165) is 12.0 Å². The third kappa shape index (κ3) is 3.22. The van der Waals surface area contributed by atoms with Crippen molar-refractivity contribution in [3.05, 3.63) is 29.3 Å². The number of carbonyl (C=O) groups excluding carboxylic acids is 1. The molecule has 3 nitrogen and oxygen atoms in total. The highest BCUT2D eigenvalue weighted by Gasteiger charge is 2.16. The number of hydrogen-bond acceptors (Lipinski definition) is 2. The number of rotatable bonds is 4. The van der Waals surface area contributed by atoms with Crippen LogP contribution in [0.15, 0.2) is 18.2 Å². The lowest BCUT2D eigenvalue weighted by Gasteiger charge is -2.20. The number of hydrogen-bond donors (Lipinski definition) is 2. The highest BCUT2D eigenvalue weighted by molar-refractivity contribution is 5.97. The normalized spacial score (nSPS) is 14.1. The molecule has 0 fully saturated rings. The molecule has 0 aliphatic rings. The number of anilines is 1. The van der Waals surface area contributed by atoms with E-state index in [1.165, 1.54) is 0 Å². The van der Waals surface area contributed by atoms with Gasteiger partial charge in [0.1, 0.15) is 0 Å². The second kappa shape index (κ2) is 5.71.